The molecular weight excluding hydrogens is 264 g/mol. The fourth-order valence-corrected chi connectivity index (χ4v) is 2.72. The Morgan fingerprint density at radius 3 is 2.79 bits per heavy atom. The summed E-state index contributed by atoms with van der Waals surface area (Å²) >= 11 is 6.17. The highest BCUT2D eigenvalue weighted by Crippen LogP contribution is 2.40. The topological polar surface area (TPSA) is 38.7 Å². The second-order valence-electron chi connectivity index (χ2n) is 5.17. The molecule has 1 heterocycles. The lowest BCUT2D eigenvalue weighted by Crippen LogP contribution is -2.16. The van der Waals surface area contributed by atoms with Gasteiger partial charge in [0.25, 0.3) is 0 Å². The molecule has 0 radical (unpaired) electrons. The van der Waals surface area contributed by atoms with Crippen molar-refractivity contribution < 1.29 is 14.6 Å². The van der Waals surface area contributed by atoms with Crippen LogP contribution in [0.5, 0.6) is 11.5 Å². The Bertz CT molecular complexity index is 434. The van der Waals surface area contributed by atoms with Crippen LogP contribution < -0.4 is 9.47 Å². The largest absolute Gasteiger partial charge is 0.486 e. The summed E-state index contributed by atoms with van der Waals surface area (Å²) in [5.74, 6) is 1.72. The molecule has 2 unspecified atom stereocenters. The highest BCUT2D eigenvalue weighted by Gasteiger charge is 2.20. The van der Waals surface area contributed by atoms with Crippen molar-refractivity contribution >= 4 is 11.6 Å². The Balaban J connectivity index is 2.14. The highest BCUT2D eigenvalue weighted by atomic mass is 35.5. The van der Waals surface area contributed by atoms with E-state index in [2.05, 4.69) is 13.8 Å². The van der Waals surface area contributed by atoms with Crippen molar-refractivity contribution in [1.82, 2.24) is 0 Å². The number of fused-ring (bicyclic) bond motifs is 1. The van der Waals surface area contributed by atoms with Crippen molar-refractivity contribution in [3.63, 3.8) is 0 Å². The standard InChI is InChI=1S/C15H21ClO3/c1-3-4-10(2)7-13(17)11-8-12(16)15-14(9-11)18-5-6-19-15/h8-10,13,17H,3-7H2,1-2H3. The van der Waals surface area contributed by atoms with E-state index in [4.69, 9.17) is 21.1 Å². The minimum absolute atomic E-state index is 0.493. The molecule has 19 heavy (non-hydrogen) atoms. The molecule has 0 amide bonds. The third-order valence-corrected chi connectivity index (χ3v) is 3.69. The number of ether oxygens (including phenoxy) is 2. The van der Waals surface area contributed by atoms with Gasteiger partial charge >= 0.3 is 0 Å². The van der Waals surface area contributed by atoms with E-state index in [0.29, 0.717) is 35.7 Å². The van der Waals surface area contributed by atoms with Gasteiger partial charge in [0.2, 0.25) is 0 Å². The molecule has 0 aliphatic carbocycles. The predicted octanol–water partition coefficient (Wildman–Crippen LogP) is 3.97. The molecule has 4 heteroatoms. The van der Waals surface area contributed by atoms with E-state index in [1.807, 2.05) is 6.07 Å². The van der Waals surface area contributed by atoms with E-state index in [1.54, 1.807) is 6.07 Å². The molecular formula is C15H21ClO3. The maximum atomic E-state index is 10.3. The molecule has 1 aliphatic rings. The van der Waals surface area contributed by atoms with Crippen LogP contribution in [0, 0.1) is 5.92 Å². The summed E-state index contributed by atoms with van der Waals surface area (Å²) in [6.07, 6.45) is 2.49. The van der Waals surface area contributed by atoms with Gasteiger partial charge in [-0.2, -0.15) is 0 Å². The van der Waals surface area contributed by atoms with Crippen molar-refractivity contribution in [2.24, 2.45) is 5.92 Å². The molecule has 0 saturated carbocycles. The van der Waals surface area contributed by atoms with Crippen molar-refractivity contribution in [1.29, 1.82) is 0 Å². The molecule has 0 aromatic heterocycles. The first-order valence-electron chi connectivity index (χ1n) is 6.89. The predicted molar refractivity (Wildman–Crippen MR) is 76.1 cm³/mol. The van der Waals surface area contributed by atoms with Crippen LogP contribution in [0.25, 0.3) is 0 Å². The number of rotatable bonds is 5. The zero-order valence-corrected chi connectivity index (χ0v) is 12.2. The van der Waals surface area contributed by atoms with Crippen molar-refractivity contribution in [2.75, 3.05) is 13.2 Å². The Labute approximate surface area is 119 Å². The van der Waals surface area contributed by atoms with Gasteiger partial charge in [-0.3, -0.25) is 0 Å². The third-order valence-electron chi connectivity index (χ3n) is 3.41. The fraction of sp³-hybridized carbons (Fsp3) is 0.600. The molecule has 3 nitrogen and oxygen atoms in total. The van der Waals surface area contributed by atoms with E-state index in [1.165, 1.54) is 0 Å². The summed E-state index contributed by atoms with van der Waals surface area (Å²) in [6.45, 7) is 5.35. The average Bonchev–Trinajstić information content (AvgIpc) is 2.39. The quantitative estimate of drug-likeness (QED) is 0.889. The van der Waals surface area contributed by atoms with Crippen LogP contribution in [0.1, 0.15) is 44.8 Å². The number of hydrogen-bond donors (Lipinski definition) is 1. The minimum Gasteiger partial charge on any atom is -0.486 e. The van der Waals surface area contributed by atoms with Crippen LogP contribution in [0.2, 0.25) is 5.02 Å². The molecule has 1 aliphatic heterocycles. The van der Waals surface area contributed by atoms with Crippen LogP contribution in [-0.2, 0) is 0 Å². The van der Waals surface area contributed by atoms with Crippen LogP contribution in [0.3, 0.4) is 0 Å². The lowest BCUT2D eigenvalue weighted by atomic mass is 9.95. The molecule has 106 valence electrons. The molecule has 0 fully saturated rings. The van der Waals surface area contributed by atoms with E-state index in [9.17, 15) is 5.11 Å². The van der Waals surface area contributed by atoms with Crippen LogP contribution in [0.15, 0.2) is 12.1 Å². The second kappa shape index (κ2) is 6.49. The second-order valence-corrected chi connectivity index (χ2v) is 5.58. The first-order chi connectivity index (χ1) is 9.11. The van der Waals surface area contributed by atoms with Crippen LogP contribution in [0.4, 0.5) is 0 Å². The van der Waals surface area contributed by atoms with Gasteiger partial charge in [0, 0.05) is 0 Å². The summed E-state index contributed by atoms with van der Waals surface area (Å²) in [5, 5.41) is 10.8. The summed E-state index contributed by atoms with van der Waals surface area (Å²) in [5.41, 5.74) is 0.803. The molecule has 2 atom stereocenters. The Morgan fingerprint density at radius 1 is 1.32 bits per heavy atom. The summed E-state index contributed by atoms with van der Waals surface area (Å²) < 4.78 is 11.0. The van der Waals surface area contributed by atoms with Gasteiger partial charge in [0.1, 0.15) is 13.2 Å². The molecule has 1 aromatic carbocycles. The van der Waals surface area contributed by atoms with Gasteiger partial charge < -0.3 is 14.6 Å². The first kappa shape index (κ1) is 14.5. The number of aliphatic hydroxyl groups excluding tert-OH is 1. The maximum absolute atomic E-state index is 10.3. The summed E-state index contributed by atoms with van der Waals surface area (Å²) in [7, 11) is 0. The van der Waals surface area contributed by atoms with Gasteiger partial charge in [-0.05, 0) is 30.0 Å². The van der Waals surface area contributed by atoms with Crippen molar-refractivity contribution in [2.45, 2.75) is 39.2 Å². The SMILES string of the molecule is CCCC(C)CC(O)c1cc(Cl)c2c(c1)OCCO2. The number of hydrogen-bond acceptors (Lipinski definition) is 3. The van der Waals surface area contributed by atoms with E-state index >= 15 is 0 Å². The summed E-state index contributed by atoms with van der Waals surface area (Å²) in [4.78, 5) is 0. The van der Waals surface area contributed by atoms with E-state index in [0.717, 1.165) is 24.8 Å². The van der Waals surface area contributed by atoms with Crippen LogP contribution >= 0.6 is 11.6 Å². The zero-order valence-electron chi connectivity index (χ0n) is 11.5. The molecule has 0 saturated heterocycles. The normalized spacial score (nSPS) is 17.1. The van der Waals surface area contributed by atoms with Gasteiger partial charge in [-0.1, -0.05) is 38.3 Å². The highest BCUT2D eigenvalue weighted by molar-refractivity contribution is 6.32. The van der Waals surface area contributed by atoms with Gasteiger partial charge in [-0.25, -0.2) is 0 Å². The molecule has 1 aromatic rings. The lowest BCUT2D eigenvalue weighted by Gasteiger charge is -2.22. The monoisotopic (exact) mass is 284 g/mol. The van der Waals surface area contributed by atoms with E-state index in [-0.39, 0.29) is 0 Å². The average molecular weight is 285 g/mol. The molecule has 0 bridgehead atoms. The van der Waals surface area contributed by atoms with Gasteiger partial charge in [0.05, 0.1) is 11.1 Å². The Kier molecular flexibility index (Phi) is 4.94. The maximum Gasteiger partial charge on any atom is 0.179 e. The molecule has 1 N–H and O–H groups in total. The minimum atomic E-state index is -0.505. The first-order valence-corrected chi connectivity index (χ1v) is 7.26. The summed E-state index contributed by atoms with van der Waals surface area (Å²) in [6, 6.07) is 3.61. The third kappa shape index (κ3) is 3.54. The van der Waals surface area contributed by atoms with Gasteiger partial charge in [-0.15, -0.1) is 0 Å². The van der Waals surface area contributed by atoms with E-state index < -0.39 is 6.10 Å². The number of benzene rings is 1. The van der Waals surface area contributed by atoms with Crippen molar-refractivity contribution in [3.05, 3.63) is 22.7 Å². The molecule has 2 rings (SSSR count). The Hall–Kier alpha value is -0.930. The zero-order chi connectivity index (χ0) is 13.8. The van der Waals surface area contributed by atoms with Crippen LogP contribution in [-0.4, -0.2) is 18.3 Å². The lowest BCUT2D eigenvalue weighted by molar-refractivity contribution is 0.142. The Morgan fingerprint density at radius 2 is 2.05 bits per heavy atom. The van der Waals surface area contributed by atoms with Crippen molar-refractivity contribution in [3.8, 4) is 11.5 Å². The fourth-order valence-electron chi connectivity index (χ4n) is 2.45. The molecule has 0 spiro atoms. The number of aliphatic hydroxyl groups is 1. The number of halogens is 1. The van der Waals surface area contributed by atoms with Gasteiger partial charge in [0.15, 0.2) is 11.5 Å². The smallest absolute Gasteiger partial charge is 0.179 e.